The number of hydrogen-bond acceptors (Lipinski definition) is 6. The fraction of sp³-hybridized carbons (Fsp3) is 0.0800. The van der Waals surface area contributed by atoms with Crippen LogP contribution in [0.15, 0.2) is 73.4 Å². The molecule has 0 saturated carbocycles. The third-order valence-corrected chi connectivity index (χ3v) is 5.69. The minimum Gasteiger partial charge on any atom is -0.376 e. The van der Waals surface area contributed by atoms with Crippen LogP contribution >= 0.6 is 0 Å². The van der Waals surface area contributed by atoms with Gasteiger partial charge < -0.3 is 9.88 Å². The molecule has 0 spiro atoms. The molecular weight excluding hydrogens is 412 g/mol. The van der Waals surface area contributed by atoms with Crippen LogP contribution < -0.4 is 4.90 Å². The molecule has 6 aromatic rings. The Kier molecular flexibility index (Phi) is 4.36. The maximum Gasteiger partial charge on any atom is 0.116 e. The Morgan fingerprint density at radius 2 is 1.67 bits per heavy atom. The highest BCUT2D eigenvalue weighted by atomic mass is 15.1. The van der Waals surface area contributed by atoms with Gasteiger partial charge in [0.1, 0.15) is 5.69 Å². The van der Waals surface area contributed by atoms with Crippen molar-refractivity contribution in [2.75, 3.05) is 19.0 Å². The van der Waals surface area contributed by atoms with E-state index in [1.807, 2.05) is 67.9 Å². The molecule has 0 amide bonds. The van der Waals surface area contributed by atoms with Gasteiger partial charge in [0.05, 0.1) is 46.4 Å². The third-order valence-electron chi connectivity index (χ3n) is 5.69. The van der Waals surface area contributed by atoms with Gasteiger partial charge in [0, 0.05) is 54.5 Å². The van der Waals surface area contributed by atoms with Gasteiger partial charge in [-0.05, 0) is 36.4 Å². The topological polar surface area (TPSA) is 99.3 Å². The molecule has 0 aliphatic carbocycles. The highest BCUT2D eigenvalue weighted by Gasteiger charge is 2.16. The fourth-order valence-corrected chi connectivity index (χ4v) is 3.98. The van der Waals surface area contributed by atoms with Crippen molar-refractivity contribution in [1.82, 2.24) is 35.1 Å². The molecule has 0 aliphatic heterocycles. The molecule has 33 heavy (non-hydrogen) atoms. The smallest absolute Gasteiger partial charge is 0.116 e. The first kappa shape index (κ1) is 19.1. The first-order valence-corrected chi connectivity index (χ1v) is 10.5. The Morgan fingerprint density at radius 1 is 0.758 bits per heavy atom. The van der Waals surface area contributed by atoms with E-state index in [-0.39, 0.29) is 0 Å². The molecule has 0 radical (unpaired) electrons. The molecule has 0 aliphatic rings. The highest BCUT2D eigenvalue weighted by molar-refractivity contribution is 6.00. The van der Waals surface area contributed by atoms with Crippen LogP contribution in [0, 0.1) is 0 Å². The van der Waals surface area contributed by atoms with E-state index in [0.717, 1.165) is 61.5 Å². The van der Waals surface area contributed by atoms with E-state index >= 15 is 0 Å². The second-order valence-corrected chi connectivity index (χ2v) is 8.03. The summed E-state index contributed by atoms with van der Waals surface area (Å²) >= 11 is 0. The molecule has 0 saturated heterocycles. The molecule has 0 unspecified atom stereocenters. The quantitative estimate of drug-likeness (QED) is 0.419. The van der Waals surface area contributed by atoms with Gasteiger partial charge in [0.2, 0.25) is 0 Å². The zero-order valence-corrected chi connectivity index (χ0v) is 18.1. The molecular formula is C25H20N8. The lowest BCUT2D eigenvalue weighted by molar-refractivity contribution is 1.11. The maximum atomic E-state index is 4.62. The molecule has 8 heteroatoms. The number of H-pyrrole nitrogens is 2. The first-order chi connectivity index (χ1) is 16.2. The lowest BCUT2D eigenvalue weighted by atomic mass is 10.1. The summed E-state index contributed by atoms with van der Waals surface area (Å²) in [6.45, 7) is 0. The predicted molar refractivity (Wildman–Crippen MR) is 130 cm³/mol. The van der Waals surface area contributed by atoms with Crippen LogP contribution in [-0.4, -0.2) is 49.2 Å². The summed E-state index contributed by atoms with van der Waals surface area (Å²) in [5.74, 6) is 0. The van der Waals surface area contributed by atoms with Crippen molar-refractivity contribution in [3.63, 3.8) is 0 Å². The molecule has 2 N–H and O–H groups in total. The van der Waals surface area contributed by atoms with Crippen LogP contribution in [0.4, 0.5) is 5.69 Å². The second-order valence-electron chi connectivity index (χ2n) is 8.03. The maximum absolute atomic E-state index is 4.62. The van der Waals surface area contributed by atoms with Crippen LogP contribution in [0.5, 0.6) is 0 Å². The largest absolute Gasteiger partial charge is 0.376 e. The predicted octanol–water partition coefficient (Wildman–Crippen LogP) is 4.69. The number of nitrogens with zero attached hydrogens (tertiary/aromatic N) is 6. The lowest BCUT2D eigenvalue weighted by Crippen LogP contribution is -2.08. The van der Waals surface area contributed by atoms with E-state index in [1.165, 1.54) is 0 Å². The number of anilines is 1. The van der Waals surface area contributed by atoms with Crippen molar-refractivity contribution in [3.8, 4) is 34.0 Å². The molecule has 160 valence electrons. The number of hydrogen-bond donors (Lipinski definition) is 2. The van der Waals surface area contributed by atoms with E-state index < -0.39 is 0 Å². The Bertz CT molecular complexity index is 1600. The Morgan fingerprint density at radius 3 is 2.52 bits per heavy atom. The Labute approximate surface area is 189 Å². The van der Waals surface area contributed by atoms with Crippen molar-refractivity contribution in [1.29, 1.82) is 0 Å². The van der Waals surface area contributed by atoms with Crippen LogP contribution in [0.2, 0.25) is 0 Å². The second kappa shape index (κ2) is 7.52. The summed E-state index contributed by atoms with van der Waals surface area (Å²) in [6, 6.07) is 14.0. The zero-order valence-electron chi connectivity index (χ0n) is 18.1. The normalized spacial score (nSPS) is 11.3. The molecule has 0 fully saturated rings. The van der Waals surface area contributed by atoms with Gasteiger partial charge in [-0.3, -0.25) is 25.0 Å². The minimum absolute atomic E-state index is 0.827. The van der Waals surface area contributed by atoms with Crippen molar-refractivity contribution in [3.05, 3.63) is 73.4 Å². The molecule has 6 heterocycles. The highest BCUT2D eigenvalue weighted by Crippen LogP contribution is 2.33. The van der Waals surface area contributed by atoms with E-state index in [0.29, 0.717) is 0 Å². The average molecular weight is 432 g/mol. The number of aromatic amines is 2. The molecule has 6 aromatic heterocycles. The number of pyridine rings is 4. The molecule has 0 atom stereocenters. The summed E-state index contributed by atoms with van der Waals surface area (Å²) < 4.78 is 0. The molecule has 0 aromatic carbocycles. The molecule has 8 nitrogen and oxygen atoms in total. The number of rotatable bonds is 4. The van der Waals surface area contributed by atoms with Gasteiger partial charge in [-0.15, -0.1) is 0 Å². The monoisotopic (exact) mass is 432 g/mol. The van der Waals surface area contributed by atoms with Gasteiger partial charge in [-0.25, -0.2) is 0 Å². The third kappa shape index (κ3) is 3.28. The van der Waals surface area contributed by atoms with Gasteiger partial charge in [-0.2, -0.15) is 5.10 Å². The molecule has 0 bridgehead atoms. The molecule has 6 rings (SSSR count). The van der Waals surface area contributed by atoms with E-state index in [9.17, 15) is 0 Å². The van der Waals surface area contributed by atoms with Crippen LogP contribution in [0.25, 0.3) is 55.8 Å². The fourth-order valence-electron chi connectivity index (χ4n) is 3.98. The van der Waals surface area contributed by atoms with Crippen molar-refractivity contribution < 1.29 is 0 Å². The van der Waals surface area contributed by atoms with Crippen molar-refractivity contribution in [2.24, 2.45) is 0 Å². The Balaban J connectivity index is 1.48. The summed E-state index contributed by atoms with van der Waals surface area (Å²) in [5.41, 5.74) is 8.06. The van der Waals surface area contributed by atoms with Crippen LogP contribution in [-0.2, 0) is 0 Å². The zero-order chi connectivity index (χ0) is 22.4. The van der Waals surface area contributed by atoms with E-state index in [1.54, 1.807) is 12.4 Å². The number of aromatic nitrogens is 7. The van der Waals surface area contributed by atoms with E-state index in [4.69, 9.17) is 0 Å². The summed E-state index contributed by atoms with van der Waals surface area (Å²) in [6.07, 6.45) is 9.05. The number of nitrogens with one attached hydrogen (secondary N) is 2. The SMILES string of the molecule is CN(C)c1cncc(-c2cc3c(-c4cc5c(-c6ccccn6)nccc5[nH]4)n[nH]c3cn2)c1. The van der Waals surface area contributed by atoms with Gasteiger partial charge in [0.25, 0.3) is 0 Å². The summed E-state index contributed by atoms with van der Waals surface area (Å²) in [4.78, 5) is 23.6. The lowest BCUT2D eigenvalue weighted by Gasteiger charge is -2.12. The van der Waals surface area contributed by atoms with Gasteiger partial charge >= 0.3 is 0 Å². The Hall–Kier alpha value is -4.59. The first-order valence-electron chi connectivity index (χ1n) is 10.5. The van der Waals surface area contributed by atoms with Gasteiger partial charge in [-0.1, -0.05) is 6.07 Å². The van der Waals surface area contributed by atoms with Crippen molar-refractivity contribution in [2.45, 2.75) is 0 Å². The van der Waals surface area contributed by atoms with Gasteiger partial charge in [0.15, 0.2) is 0 Å². The minimum atomic E-state index is 0.827. The van der Waals surface area contributed by atoms with E-state index in [2.05, 4.69) is 47.2 Å². The summed E-state index contributed by atoms with van der Waals surface area (Å²) in [7, 11) is 3.99. The standard InChI is InChI=1S/C25H20N8/c1-33(2)16-9-15(12-26-13-16)21-10-18-23(14-29-21)31-32-25(18)22-11-17-19(30-22)6-8-28-24(17)20-5-3-4-7-27-20/h3-14,30H,1-2H3,(H,31,32). The van der Waals surface area contributed by atoms with Crippen LogP contribution in [0.1, 0.15) is 0 Å². The van der Waals surface area contributed by atoms with Crippen molar-refractivity contribution >= 4 is 27.5 Å². The number of fused-ring (bicyclic) bond motifs is 2. The van der Waals surface area contributed by atoms with Crippen LogP contribution in [0.3, 0.4) is 0 Å². The summed E-state index contributed by atoms with van der Waals surface area (Å²) in [5, 5.41) is 9.67. The average Bonchev–Trinajstić information content (AvgIpc) is 3.48.